The highest BCUT2D eigenvalue weighted by Crippen LogP contribution is 1.97. The van der Waals surface area contributed by atoms with Crippen LogP contribution >= 0.6 is 0 Å². The van der Waals surface area contributed by atoms with E-state index in [9.17, 15) is 14.0 Å². The van der Waals surface area contributed by atoms with Crippen molar-refractivity contribution >= 4 is 11.8 Å². The Morgan fingerprint density at radius 3 is 2.50 bits per heavy atom. The number of carboxylic acids is 1. The van der Waals surface area contributed by atoms with E-state index in [-0.39, 0.29) is 6.42 Å². The van der Waals surface area contributed by atoms with Crippen molar-refractivity contribution in [2.45, 2.75) is 12.6 Å². The first-order valence-electron chi connectivity index (χ1n) is 2.60. The molecule has 0 aliphatic heterocycles. The van der Waals surface area contributed by atoms with Crippen LogP contribution in [0.4, 0.5) is 4.39 Å². The highest BCUT2D eigenvalue weighted by Gasteiger charge is 2.23. The van der Waals surface area contributed by atoms with Crippen LogP contribution in [0.3, 0.4) is 0 Å². The lowest BCUT2D eigenvalue weighted by molar-refractivity contribution is -0.147. The molecule has 0 fully saturated rings. The van der Waals surface area contributed by atoms with Crippen molar-refractivity contribution in [1.29, 1.82) is 0 Å². The van der Waals surface area contributed by atoms with Crippen molar-refractivity contribution in [3.63, 3.8) is 0 Å². The van der Waals surface area contributed by atoms with Crippen LogP contribution in [0.15, 0.2) is 12.7 Å². The van der Waals surface area contributed by atoms with Gasteiger partial charge >= 0.3 is 5.97 Å². The van der Waals surface area contributed by atoms with Gasteiger partial charge in [-0.2, -0.15) is 0 Å². The van der Waals surface area contributed by atoms with Gasteiger partial charge in [-0.3, -0.25) is 4.79 Å². The van der Waals surface area contributed by atoms with Crippen molar-refractivity contribution in [2.24, 2.45) is 0 Å². The SMILES string of the molecule is C=CCC(=O)C(F)C(=O)O. The molecule has 3 nitrogen and oxygen atoms in total. The van der Waals surface area contributed by atoms with Crippen LogP contribution in [0.1, 0.15) is 6.42 Å². The number of carboxylic acid groups (broad SMARTS) is 1. The van der Waals surface area contributed by atoms with Gasteiger partial charge in [0.2, 0.25) is 0 Å². The van der Waals surface area contributed by atoms with Gasteiger partial charge in [-0.1, -0.05) is 6.08 Å². The Balaban J connectivity index is 3.94. The predicted molar refractivity (Wildman–Crippen MR) is 32.4 cm³/mol. The van der Waals surface area contributed by atoms with E-state index in [0.29, 0.717) is 0 Å². The predicted octanol–water partition coefficient (Wildman–Crippen LogP) is 0.554. The van der Waals surface area contributed by atoms with E-state index in [1.807, 2.05) is 0 Å². The lowest BCUT2D eigenvalue weighted by Gasteiger charge is -1.96. The molecule has 0 bridgehead atoms. The molecular weight excluding hydrogens is 139 g/mol. The molecule has 1 N–H and O–H groups in total. The fourth-order valence-electron chi connectivity index (χ4n) is 0.383. The van der Waals surface area contributed by atoms with Crippen molar-refractivity contribution in [1.82, 2.24) is 0 Å². The smallest absolute Gasteiger partial charge is 0.346 e. The maximum atomic E-state index is 12.1. The largest absolute Gasteiger partial charge is 0.479 e. The quantitative estimate of drug-likeness (QED) is 0.465. The van der Waals surface area contributed by atoms with E-state index >= 15 is 0 Å². The molecule has 0 rings (SSSR count). The summed E-state index contributed by atoms with van der Waals surface area (Å²) < 4.78 is 12.1. The monoisotopic (exact) mass is 146 g/mol. The van der Waals surface area contributed by atoms with Crippen molar-refractivity contribution in [3.8, 4) is 0 Å². The van der Waals surface area contributed by atoms with Gasteiger partial charge in [0, 0.05) is 6.42 Å². The molecule has 0 amide bonds. The molecule has 1 atom stereocenters. The van der Waals surface area contributed by atoms with E-state index < -0.39 is 17.9 Å². The minimum Gasteiger partial charge on any atom is -0.479 e. The van der Waals surface area contributed by atoms with Crippen molar-refractivity contribution in [3.05, 3.63) is 12.7 Å². The molecule has 0 aromatic carbocycles. The summed E-state index contributed by atoms with van der Waals surface area (Å²) in [5.74, 6) is -2.71. The Bertz CT molecular complexity index is 164. The number of aliphatic carboxylic acids is 1. The topological polar surface area (TPSA) is 54.4 Å². The summed E-state index contributed by atoms with van der Waals surface area (Å²) in [6.45, 7) is 3.16. The minimum atomic E-state index is -2.40. The van der Waals surface area contributed by atoms with Crippen molar-refractivity contribution < 1.29 is 19.1 Å². The van der Waals surface area contributed by atoms with E-state index in [1.54, 1.807) is 0 Å². The Labute approximate surface area is 57.2 Å². The third-order valence-corrected chi connectivity index (χ3v) is 0.845. The van der Waals surface area contributed by atoms with Crippen LogP contribution in [-0.4, -0.2) is 23.0 Å². The second-order valence-electron chi connectivity index (χ2n) is 1.66. The number of hydrogen-bond donors (Lipinski definition) is 1. The molecule has 0 aliphatic rings. The standard InChI is InChI=1S/C6H7FO3/c1-2-3-4(8)5(7)6(9)10/h2,5H,1,3H2,(H,9,10). The van der Waals surface area contributed by atoms with E-state index in [4.69, 9.17) is 5.11 Å². The zero-order valence-electron chi connectivity index (χ0n) is 5.21. The van der Waals surface area contributed by atoms with E-state index in [1.165, 1.54) is 0 Å². The maximum Gasteiger partial charge on any atom is 0.346 e. The number of halogens is 1. The van der Waals surface area contributed by atoms with Crippen LogP contribution in [0, 0.1) is 0 Å². The normalized spacial score (nSPS) is 12.1. The molecule has 0 radical (unpaired) electrons. The molecule has 1 unspecified atom stereocenters. The van der Waals surface area contributed by atoms with Gasteiger partial charge in [0.05, 0.1) is 0 Å². The number of rotatable bonds is 4. The highest BCUT2D eigenvalue weighted by molar-refractivity contribution is 6.01. The summed E-state index contributed by atoms with van der Waals surface area (Å²) in [5.41, 5.74) is 0. The van der Waals surface area contributed by atoms with Gasteiger partial charge in [0.25, 0.3) is 6.17 Å². The van der Waals surface area contributed by atoms with Crippen LogP contribution in [0.2, 0.25) is 0 Å². The Morgan fingerprint density at radius 2 is 2.20 bits per heavy atom. The molecule has 4 heteroatoms. The molecule has 56 valence electrons. The van der Waals surface area contributed by atoms with Crippen LogP contribution in [-0.2, 0) is 9.59 Å². The fourth-order valence-corrected chi connectivity index (χ4v) is 0.383. The van der Waals surface area contributed by atoms with Gasteiger partial charge in [0.15, 0.2) is 5.78 Å². The average molecular weight is 146 g/mol. The summed E-state index contributed by atoms with van der Waals surface area (Å²) >= 11 is 0. The van der Waals surface area contributed by atoms with Crippen LogP contribution in [0.25, 0.3) is 0 Å². The van der Waals surface area contributed by atoms with Gasteiger partial charge < -0.3 is 5.11 Å². The number of allylic oxidation sites excluding steroid dienone is 1. The molecule has 0 aromatic rings. The molecule has 0 aliphatic carbocycles. The van der Waals surface area contributed by atoms with E-state index in [2.05, 4.69) is 6.58 Å². The number of carbonyl (C=O) groups excluding carboxylic acids is 1. The van der Waals surface area contributed by atoms with Gasteiger partial charge in [-0.25, -0.2) is 9.18 Å². The third kappa shape index (κ3) is 2.39. The number of ketones is 1. The number of hydrogen-bond acceptors (Lipinski definition) is 2. The van der Waals surface area contributed by atoms with Crippen molar-refractivity contribution in [2.75, 3.05) is 0 Å². The summed E-state index contributed by atoms with van der Waals surface area (Å²) in [7, 11) is 0. The first kappa shape index (κ1) is 8.81. The summed E-state index contributed by atoms with van der Waals surface area (Å²) in [6.07, 6.45) is -1.48. The molecule has 0 saturated heterocycles. The number of carbonyl (C=O) groups is 2. The Kier molecular flexibility index (Phi) is 3.32. The molecule has 0 aromatic heterocycles. The molecule has 0 saturated carbocycles. The Morgan fingerprint density at radius 1 is 1.70 bits per heavy atom. The third-order valence-electron chi connectivity index (χ3n) is 0.845. The second-order valence-corrected chi connectivity index (χ2v) is 1.66. The zero-order chi connectivity index (χ0) is 8.15. The summed E-state index contributed by atoms with van der Waals surface area (Å²) in [5, 5.41) is 7.95. The first-order valence-corrected chi connectivity index (χ1v) is 2.60. The Hall–Kier alpha value is -1.19. The molecular formula is C6H7FO3. The van der Waals surface area contributed by atoms with Gasteiger partial charge in [0.1, 0.15) is 0 Å². The van der Waals surface area contributed by atoms with Crippen LogP contribution < -0.4 is 0 Å². The average Bonchev–Trinajstić information content (AvgIpc) is 1.87. The minimum absolute atomic E-state index is 0.243. The number of alkyl halides is 1. The maximum absolute atomic E-state index is 12.1. The molecule has 10 heavy (non-hydrogen) atoms. The van der Waals surface area contributed by atoms with Gasteiger partial charge in [-0.05, 0) is 0 Å². The summed E-state index contributed by atoms with van der Waals surface area (Å²) in [4.78, 5) is 20.1. The highest BCUT2D eigenvalue weighted by atomic mass is 19.1. The molecule has 0 spiro atoms. The zero-order valence-corrected chi connectivity index (χ0v) is 5.21. The lowest BCUT2D eigenvalue weighted by atomic mass is 10.2. The number of Topliss-reactive ketones (excluding diaryl/α,β-unsaturated/α-hetero) is 1. The van der Waals surface area contributed by atoms with E-state index in [0.717, 1.165) is 6.08 Å². The fraction of sp³-hybridized carbons (Fsp3) is 0.333. The summed E-state index contributed by atoms with van der Waals surface area (Å²) in [6, 6.07) is 0. The van der Waals surface area contributed by atoms with Crippen LogP contribution in [0.5, 0.6) is 0 Å². The van der Waals surface area contributed by atoms with Gasteiger partial charge in [-0.15, -0.1) is 6.58 Å². The lowest BCUT2D eigenvalue weighted by Crippen LogP contribution is -2.24. The molecule has 0 heterocycles. The first-order chi connectivity index (χ1) is 4.59. The second kappa shape index (κ2) is 3.76.